The Morgan fingerprint density at radius 3 is 0.917 bits per heavy atom. The van der Waals surface area contributed by atoms with Crippen molar-refractivity contribution < 1.29 is 19.1 Å². The van der Waals surface area contributed by atoms with Crippen molar-refractivity contribution in [1.29, 1.82) is 0 Å². The largest absolute Gasteiger partial charge is 0.465 e. The first-order chi connectivity index (χ1) is 29.5. The molecule has 0 aliphatic rings. The van der Waals surface area contributed by atoms with Gasteiger partial charge in [-0.1, -0.05) is 156 Å². The minimum atomic E-state index is 0.0569. The van der Waals surface area contributed by atoms with Gasteiger partial charge in [0, 0.05) is 0 Å². The van der Waals surface area contributed by atoms with Crippen LogP contribution in [0, 0.1) is 11.8 Å². The number of hydrogen-bond acceptors (Lipinski definition) is 8. The summed E-state index contributed by atoms with van der Waals surface area (Å²) in [6, 6.07) is 0. The minimum absolute atomic E-state index is 0.0569. The normalized spacial score (nSPS) is 12.7. The number of unbranched alkanes of at least 4 members (excludes halogenated alkanes) is 21. The van der Waals surface area contributed by atoms with E-state index < -0.39 is 0 Å². The van der Waals surface area contributed by atoms with E-state index in [1.54, 1.807) is 0 Å². The highest BCUT2D eigenvalue weighted by Gasteiger charge is 2.20. The van der Waals surface area contributed by atoms with Crippen LogP contribution in [-0.4, -0.2) is 87.3 Å². The second-order valence-corrected chi connectivity index (χ2v) is 18.3. The third-order valence-corrected chi connectivity index (χ3v) is 12.6. The molecule has 0 aromatic heterocycles. The Kier molecular flexibility index (Phi) is 46.3. The van der Waals surface area contributed by atoms with Crippen LogP contribution in [0.3, 0.4) is 0 Å². The van der Waals surface area contributed by atoms with Crippen LogP contribution in [0.5, 0.6) is 0 Å². The number of esters is 2. The minimum Gasteiger partial charge on any atom is -0.465 e. The average Bonchev–Trinajstić information content (AvgIpc) is 3.25. The van der Waals surface area contributed by atoms with Gasteiger partial charge in [-0.3, -0.25) is 9.59 Å². The van der Waals surface area contributed by atoms with E-state index >= 15 is 0 Å². The third kappa shape index (κ3) is 38.5. The van der Waals surface area contributed by atoms with Gasteiger partial charge in [-0.05, 0) is 142 Å². The molecule has 0 aliphatic heterocycles. The SMILES string of the molecule is CCCCCCCCC(CCCCCC)C(=O)OCCCCCN(CCCN)CCCCN(CCCN)CCCCCOC(=O)C(CCCCCC)CCCCCCCC. The van der Waals surface area contributed by atoms with Gasteiger partial charge in [0.25, 0.3) is 0 Å². The van der Waals surface area contributed by atoms with Crippen molar-refractivity contribution in [1.82, 2.24) is 9.80 Å². The highest BCUT2D eigenvalue weighted by molar-refractivity contribution is 5.72. The van der Waals surface area contributed by atoms with E-state index in [1.807, 2.05) is 0 Å². The summed E-state index contributed by atoms with van der Waals surface area (Å²) in [6.45, 7) is 18.1. The van der Waals surface area contributed by atoms with E-state index in [2.05, 4.69) is 37.5 Å². The molecule has 2 unspecified atom stereocenters. The van der Waals surface area contributed by atoms with Crippen LogP contribution in [0.25, 0.3) is 0 Å². The fraction of sp³-hybridized carbons (Fsp3) is 0.962. The Morgan fingerprint density at radius 1 is 0.350 bits per heavy atom. The van der Waals surface area contributed by atoms with E-state index in [4.69, 9.17) is 20.9 Å². The van der Waals surface area contributed by atoms with Crippen molar-refractivity contribution in [3.8, 4) is 0 Å². The summed E-state index contributed by atoms with van der Waals surface area (Å²) in [5.74, 6) is 0.289. The summed E-state index contributed by atoms with van der Waals surface area (Å²) in [5, 5.41) is 0. The lowest BCUT2D eigenvalue weighted by molar-refractivity contribution is -0.150. The summed E-state index contributed by atoms with van der Waals surface area (Å²) in [7, 11) is 0. The molecule has 0 rings (SSSR count). The number of ether oxygens (including phenoxy) is 2. The Balaban J connectivity index is 4.53. The van der Waals surface area contributed by atoms with Gasteiger partial charge < -0.3 is 30.7 Å². The zero-order valence-corrected chi connectivity index (χ0v) is 40.9. The maximum atomic E-state index is 13.1. The van der Waals surface area contributed by atoms with Crippen LogP contribution in [0.4, 0.5) is 0 Å². The summed E-state index contributed by atoms with van der Waals surface area (Å²) in [4.78, 5) is 31.3. The topological polar surface area (TPSA) is 111 Å². The van der Waals surface area contributed by atoms with Crippen molar-refractivity contribution in [3.63, 3.8) is 0 Å². The molecule has 358 valence electrons. The lowest BCUT2D eigenvalue weighted by atomic mass is 9.94. The Bertz CT molecular complexity index is 822. The number of nitrogens with zero attached hydrogens (tertiary/aromatic N) is 2. The van der Waals surface area contributed by atoms with Crippen molar-refractivity contribution in [2.75, 3.05) is 65.6 Å². The molecule has 8 nitrogen and oxygen atoms in total. The standard InChI is InChI=1S/C52H106N4O4/c1-5-9-13-17-19-25-37-49(35-23-15-11-7-3)51(57)59-47-31-21-27-41-55(45-33-39-53)43-29-30-44-56(46-34-40-54)42-28-22-32-48-60-52(58)50(36-24-16-12-8-4)38-26-20-18-14-10-6-2/h49-50H,5-48,53-54H2,1-4H3. The van der Waals surface area contributed by atoms with Gasteiger partial charge in [0.1, 0.15) is 0 Å². The molecule has 0 radical (unpaired) electrons. The molecule has 0 aromatic rings. The predicted octanol–water partition coefficient (Wildman–Crippen LogP) is 13.2. The summed E-state index contributed by atoms with van der Waals surface area (Å²) >= 11 is 0. The van der Waals surface area contributed by atoms with Gasteiger partial charge in [0.15, 0.2) is 0 Å². The first kappa shape index (κ1) is 58.8. The second-order valence-electron chi connectivity index (χ2n) is 18.3. The molecule has 2 atom stereocenters. The van der Waals surface area contributed by atoms with Crippen LogP contribution in [-0.2, 0) is 19.1 Å². The summed E-state index contributed by atoms with van der Waals surface area (Å²) in [5.41, 5.74) is 11.8. The Morgan fingerprint density at radius 2 is 0.600 bits per heavy atom. The number of carbonyl (C=O) groups is 2. The fourth-order valence-corrected chi connectivity index (χ4v) is 8.52. The maximum Gasteiger partial charge on any atom is 0.308 e. The van der Waals surface area contributed by atoms with Crippen LogP contribution < -0.4 is 11.5 Å². The van der Waals surface area contributed by atoms with E-state index in [0.717, 1.165) is 155 Å². The molecule has 0 saturated carbocycles. The van der Waals surface area contributed by atoms with Gasteiger partial charge >= 0.3 is 11.9 Å². The first-order valence-corrected chi connectivity index (χ1v) is 26.6. The fourth-order valence-electron chi connectivity index (χ4n) is 8.52. The monoisotopic (exact) mass is 851 g/mol. The zero-order valence-electron chi connectivity index (χ0n) is 40.9. The molecule has 4 N–H and O–H groups in total. The molecule has 60 heavy (non-hydrogen) atoms. The first-order valence-electron chi connectivity index (χ1n) is 26.6. The Labute approximate surface area is 374 Å². The van der Waals surface area contributed by atoms with Crippen LogP contribution in [0.1, 0.15) is 246 Å². The average molecular weight is 851 g/mol. The van der Waals surface area contributed by atoms with Crippen molar-refractivity contribution in [2.45, 2.75) is 246 Å². The van der Waals surface area contributed by atoms with Crippen LogP contribution >= 0.6 is 0 Å². The number of nitrogens with two attached hydrogens (primary N) is 2. The van der Waals surface area contributed by atoms with Crippen molar-refractivity contribution >= 4 is 11.9 Å². The third-order valence-electron chi connectivity index (χ3n) is 12.6. The molecular weight excluding hydrogens is 745 g/mol. The number of hydrogen-bond donors (Lipinski definition) is 2. The predicted molar refractivity (Wildman–Crippen MR) is 260 cm³/mol. The van der Waals surface area contributed by atoms with Crippen molar-refractivity contribution in [2.24, 2.45) is 23.3 Å². The molecule has 0 amide bonds. The molecule has 0 saturated heterocycles. The van der Waals surface area contributed by atoms with Gasteiger partial charge in [-0.25, -0.2) is 0 Å². The molecule has 0 bridgehead atoms. The molecule has 0 aromatic carbocycles. The summed E-state index contributed by atoms with van der Waals surface area (Å²) < 4.78 is 11.7. The van der Waals surface area contributed by atoms with E-state index in [1.165, 1.54) is 116 Å². The highest BCUT2D eigenvalue weighted by atomic mass is 16.5. The van der Waals surface area contributed by atoms with Crippen LogP contribution in [0.15, 0.2) is 0 Å². The molecular formula is C52H106N4O4. The zero-order chi connectivity index (χ0) is 44.0. The molecule has 0 spiro atoms. The van der Waals surface area contributed by atoms with Crippen LogP contribution in [0.2, 0.25) is 0 Å². The molecule has 0 aliphatic carbocycles. The van der Waals surface area contributed by atoms with Gasteiger partial charge in [-0.2, -0.15) is 0 Å². The van der Waals surface area contributed by atoms with E-state index in [0.29, 0.717) is 13.2 Å². The number of rotatable bonds is 49. The second kappa shape index (κ2) is 47.3. The highest BCUT2D eigenvalue weighted by Crippen LogP contribution is 2.22. The lowest BCUT2D eigenvalue weighted by Gasteiger charge is -2.25. The van der Waals surface area contributed by atoms with E-state index in [9.17, 15) is 9.59 Å². The summed E-state index contributed by atoms with van der Waals surface area (Å²) in [6.07, 6.45) is 39.7. The van der Waals surface area contributed by atoms with Gasteiger partial charge in [-0.15, -0.1) is 0 Å². The lowest BCUT2D eigenvalue weighted by Crippen LogP contribution is -2.31. The molecule has 0 fully saturated rings. The van der Waals surface area contributed by atoms with E-state index in [-0.39, 0.29) is 23.8 Å². The molecule has 8 heteroatoms. The maximum absolute atomic E-state index is 13.1. The van der Waals surface area contributed by atoms with Crippen molar-refractivity contribution in [3.05, 3.63) is 0 Å². The molecule has 0 heterocycles. The number of carbonyl (C=O) groups excluding carboxylic acids is 2. The Hall–Kier alpha value is -1.22. The van der Waals surface area contributed by atoms with Gasteiger partial charge in [0.2, 0.25) is 0 Å². The van der Waals surface area contributed by atoms with Gasteiger partial charge in [0.05, 0.1) is 25.0 Å². The smallest absolute Gasteiger partial charge is 0.308 e. The quantitative estimate of drug-likeness (QED) is 0.0460.